The lowest BCUT2D eigenvalue weighted by atomic mass is 10.2. The summed E-state index contributed by atoms with van der Waals surface area (Å²) in [6.07, 6.45) is 0. The molecule has 0 aromatic carbocycles. The van der Waals surface area contributed by atoms with Crippen molar-refractivity contribution in [2.45, 2.75) is 26.4 Å². The standard InChI is InChI=1S/C7H12O4/c1-7(2,3)11-4-5(8)6(9)10/h4H2,1-3H3,(H,9,10). The van der Waals surface area contributed by atoms with E-state index in [0.29, 0.717) is 0 Å². The van der Waals surface area contributed by atoms with Crippen molar-refractivity contribution in [2.75, 3.05) is 6.61 Å². The second-order valence-electron chi connectivity index (χ2n) is 3.13. The minimum Gasteiger partial charge on any atom is -0.475 e. The van der Waals surface area contributed by atoms with E-state index in [-0.39, 0.29) is 6.61 Å². The lowest BCUT2D eigenvalue weighted by Gasteiger charge is -2.17. The van der Waals surface area contributed by atoms with Crippen LogP contribution in [0.2, 0.25) is 0 Å². The molecule has 0 spiro atoms. The summed E-state index contributed by atoms with van der Waals surface area (Å²) in [4.78, 5) is 20.5. The number of carbonyl (C=O) groups excluding carboxylic acids is 1. The maximum Gasteiger partial charge on any atom is 0.374 e. The molecule has 0 atom stereocenters. The van der Waals surface area contributed by atoms with E-state index < -0.39 is 17.4 Å². The van der Waals surface area contributed by atoms with Crippen LogP contribution in [0.1, 0.15) is 20.8 Å². The second-order valence-corrected chi connectivity index (χ2v) is 3.13. The summed E-state index contributed by atoms with van der Waals surface area (Å²) < 4.78 is 4.92. The largest absolute Gasteiger partial charge is 0.475 e. The average Bonchev–Trinajstić information content (AvgIpc) is 1.80. The maximum atomic E-state index is 10.5. The van der Waals surface area contributed by atoms with Crippen molar-refractivity contribution in [3.8, 4) is 0 Å². The van der Waals surface area contributed by atoms with E-state index in [4.69, 9.17) is 9.84 Å². The summed E-state index contributed by atoms with van der Waals surface area (Å²) in [5.74, 6) is -2.37. The molecule has 0 heterocycles. The molecule has 11 heavy (non-hydrogen) atoms. The Labute approximate surface area is 65.2 Å². The number of hydrogen-bond donors (Lipinski definition) is 1. The third-order valence-corrected chi connectivity index (χ3v) is 0.875. The van der Waals surface area contributed by atoms with Gasteiger partial charge in [-0.15, -0.1) is 0 Å². The Morgan fingerprint density at radius 1 is 1.36 bits per heavy atom. The SMILES string of the molecule is CC(C)(C)OCC(=O)C(=O)O. The molecule has 0 amide bonds. The van der Waals surface area contributed by atoms with E-state index in [2.05, 4.69) is 0 Å². The van der Waals surface area contributed by atoms with Gasteiger partial charge in [-0.1, -0.05) is 0 Å². The minimum atomic E-state index is -1.45. The number of aliphatic carboxylic acids is 1. The summed E-state index contributed by atoms with van der Waals surface area (Å²) in [6.45, 7) is 4.89. The molecule has 4 heteroatoms. The third-order valence-electron chi connectivity index (χ3n) is 0.875. The Balaban J connectivity index is 3.73. The zero-order valence-corrected chi connectivity index (χ0v) is 6.88. The maximum absolute atomic E-state index is 10.5. The van der Waals surface area contributed by atoms with E-state index in [9.17, 15) is 9.59 Å². The van der Waals surface area contributed by atoms with Gasteiger partial charge in [-0.2, -0.15) is 0 Å². The Hall–Kier alpha value is -0.900. The number of carboxylic acid groups (broad SMARTS) is 1. The highest BCUT2D eigenvalue weighted by molar-refractivity contribution is 6.33. The van der Waals surface area contributed by atoms with Crippen LogP contribution >= 0.6 is 0 Å². The number of hydrogen-bond acceptors (Lipinski definition) is 3. The van der Waals surface area contributed by atoms with Crippen LogP contribution in [0.15, 0.2) is 0 Å². The van der Waals surface area contributed by atoms with E-state index in [0.717, 1.165) is 0 Å². The van der Waals surface area contributed by atoms with Crippen molar-refractivity contribution in [1.29, 1.82) is 0 Å². The number of ether oxygens (including phenoxy) is 1. The van der Waals surface area contributed by atoms with Gasteiger partial charge in [0.05, 0.1) is 5.60 Å². The van der Waals surface area contributed by atoms with Crippen molar-refractivity contribution in [3.05, 3.63) is 0 Å². The van der Waals surface area contributed by atoms with Gasteiger partial charge in [0.25, 0.3) is 5.78 Å². The van der Waals surface area contributed by atoms with E-state index in [1.54, 1.807) is 20.8 Å². The van der Waals surface area contributed by atoms with Crippen molar-refractivity contribution in [2.24, 2.45) is 0 Å². The summed E-state index contributed by atoms with van der Waals surface area (Å²) >= 11 is 0. The van der Waals surface area contributed by atoms with E-state index in [1.807, 2.05) is 0 Å². The highest BCUT2D eigenvalue weighted by Crippen LogP contribution is 2.05. The fourth-order valence-electron chi connectivity index (χ4n) is 0.344. The van der Waals surface area contributed by atoms with Crippen LogP contribution in [0.4, 0.5) is 0 Å². The highest BCUT2D eigenvalue weighted by atomic mass is 16.5. The Morgan fingerprint density at radius 2 is 1.82 bits per heavy atom. The van der Waals surface area contributed by atoms with Gasteiger partial charge < -0.3 is 9.84 Å². The van der Waals surface area contributed by atoms with Gasteiger partial charge in [0, 0.05) is 0 Å². The van der Waals surface area contributed by atoms with Crippen LogP contribution < -0.4 is 0 Å². The van der Waals surface area contributed by atoms with Gasteiger partial charge in [0.2, 0.25) is 0 Å². The van der Waals surface area contributed by atoms with Crippen LogP contribution in [0, 0.1) is 0 Å². The first kappa shape index (κ1) is 10.1. The molecule has 0 aliphatic heterocycles. The lowest BCUT2D eigenvalue weighted by Crippen LogP contribution is -2.27. The van der Waals surface area contributed by atoms with Crippen molar-refractivity contribution in [1.82, 2.24) is 0 Å². The number of carboxylic acids is 1. The lowest BCUT2D eigenvalue weighted by molar-refractivity contribution is -0.153. The molecule has 0 aromatic heterocycles. The molecule has 0 saturated carbocycles. The molecule has 0 bridgehead atoms. The first-order valence-corrected chi connectivity index (χ1v) is 3.23. The molecular weight excluding hydrogens is 148 g/mol. The molecule has 1 N–H and O–H groups in total. The van der Waals surface area contributed by atoms with Crippen molar-refractivity contribution >= 4 is 11.8 Å². The van der Waals surface area contributed by atoms with Crippen LogP contribution in [0.25, 0.3) is 0 Å². The Kier molecular flexibility index (Phi) is 3.19. The summed E-state index contributed by atoms with van der Waals surface area (Å²) in [6, 6.07) is 0. The molecule has 0 unspecified atom stereocenters. The first-order valence-electron chi connectivity index (χ1n) is 3.23. The number of carbonyl (C=O) groups is 2. The molecule has 0 saturated heterocycles. The molecule has 0 fully saturated rings. The Morgan fingerprint density at radius 3 is 2.09 bits per heavy atom. The summed E-state index contributed by atoms with van der Waals surface area (Å²) in [7, 11) is 0. The van der Waals surface area contributed by atoms with Gasteiger partial charge in [-0.05, 0) is 20.8 Å². The van der Waals surface area contributed by atoms with Crippen LogP contribution in [0.5, 0.6) is 0 Å². The van der Waals surface area contributed by atoms with Gasteiger partial charge in [-0.3, -0.25) is 4.79 Å². The van der Waals surface area contributed by atoms with Crippen molar-refractivity contribution in [3.63, 3.8) is 0 Å². The molecule has 0 aromatic rings. The molecule has 4 nitrogen and oxygen atoms in total. The topological polar surface area (TPSA) is 63.6 Å². The smallest absolute Gasteiger partial charge is 0.374 e. The quantitative estimate of drug-likeness (QED) is 0.609. The molecule has 64 valence electrons. The zero-order valence-electron chi connectivity index (χ0n) is 6.88. The average molecular weight is 160 g/mol. The summed E-state index contributed by atoms with van der Waals surface area (Å²) in [5, 5.41) is 8.15. The number of ketones is 1. The van der Waals surface area contributed by atoms with Crippen LogP contribution in [-0.4, -0.2) is 29.1 Å². The van der Waals surface area contributed by atoms with Gasteiger partial charge in [0.1, 0.15) is 6.61 Å². The van der Waals surface area contributed by atoms with Crippen LogP contribution in [0.3, 0.4) is 0 Å². The summed E-state index contributed by atoms with van der Waals surface area (Å²) in [5.41, 5.74) is -0.467. The Bertz CT molecular complexity index is 166. The molecule has 0 rings (SSSR count). The predicted molar refractivity (Wildman–Crippen MR) is 38.3 cm³/mol. The number of Topliss-reactive ketones (excluding diaryl/α,β-unsaturated/α-hetero) is 1. The van der Waals surface area contributed by atoms with E-state index >= 15 is 0 Å². The third kappa shape index (κ3) is 5.54. The molecular formula is C7H12O4. The monoisotopic (exact) mass is 160 g/mol. The molecule has 0 aliphatic rings. The minimum absolute atomic E-state index is 0.362. The first-order chi connectivity index (χ1) is 4.83. The second kappa shape index (κ2) is 3.48. The normalized spacial score (nSPS) is 11.2. The fraction of sp³-hybridized carbons (Fsp3) is 0.714. The van der Waals surface area contributed by atoms with Crippen LogP contribution in [-0.2, 0) is 14.3 Å². The zero-order chi connectivity index (χ0) is 9.07. The molecule has 0 aliphatic carbocycles. The molecule has 0 radical (unpaired) electrons. The van der Waals surface area contributed by atoms with Crippen molar-refractivity contribution < 1.29 is 19.4 Å². The predicted octanol–water partition coefficient (Wildman–Crippen LogP) is 0.455. The number of rotatable bonds is 3. The van der Waals surface area contributed by atoms with Gasteiger partial charge in [-0.25, -0.2) is 4.79 Å². The fourth-order valence-corrected chi connectivity index (χ4v) is 0.344. The van der Waals surface area contributed by atoms with E-state index in [1.165, 1.54) is 0 Å². The van der Waals surface area contributed by atoms with Gasteiger partial charge in [0.15, 0.2) is 0 Å². The highest BCUT2D eigenvalue weighted by Gasteiger charge is 2.16. The van der Waals surface area contributed by atoms with Gasteiger partial charge >= 0.3 is 5.97 Å².